The molecule has 0 saturated carbocycles. The molecule has 1 aliphatic carbocycles. The minimum atomic E-state index is -0.228. The lowest BCUT2D eigenvalue weighted by atomic mass is 9.78. The summed E-state index contributed by atoms with van der Waals surface area (Å²) in [7, 11) is 3.56. The van der Waals surface area contributed by atoms with E-state index in [1.807, 2.05) is 0 Å². The number of hydrogen-bond donors (Lipinski definition) is 0. The molecule has 0 radical (unpaired) electrons. The Morgan fingerprint density at radius 1 is 0.720 bits per heavy atom. The van der Waals surface area contributed by atoms with Gasteiger partial charge in [0, 0.05) is 14.2 Å². The first-order chi connectivity index (χ1) is 11.9. The van der Waals surface area contributed by atoms with Crippen LogP contribution in [0.15, 0.2) is 36.4 Å². The molecule has 0 saturated heterocycles. The van der Waals surface area contributed by atoms with E-state index in [-0.39, 0.29) is 5.41 Å². The summed E-state index contributed by atoms with van der Waals surface area (Å²) in [5.74, 6) is 1.02. The maximum atomic E-state index is 5.69. The number of benzene rings is 2. The number of methoxy groups -OCH3 is 2. The molecule has 0 spiro atoms. The zero-order valence-electron chi connectivity index (χ0n) is 16.3. The molecule has 2 aromatic rings. The molecule has 2 heteroatoms. The first-order valence-corrected chi connectivity index (χ1v) is 9.21. The molecule has 2 aromatic carbocycles. The zero-order valence-corrected chi connectivity index (χ0v) is 16.3. The molecule has 0 aromatic heterocycles. The van der Waals surface area contributed by atoms with Crippen molar-refractivity contribution in [3.63, 3.8) is 0 Å². The summed E-state index contributed by atoms with van der Waals surface area (Å²) in [6.45, 7) is 10.2. The fraction of sp³-hybridized carbons (Fsp3) is 0.478. The van der Waals surface area contributed by atoms with Gasteiger partial charge < -0.3 is 9.47 Å². The summed E-state index contributed by atoms with van der Waals surface area (Å²) >= 11 is 0. The average Bonchev–Trinajstić information content (AvgIpc) is 2.85. The molecule has 0 atom stereocenters. The predicted molar refractivity (Wildman–Crippen MR) is 105 cm³/mol. The van der Waals surface area contributed by atoms with Crippen molar-refractivity contribution in [2.75, 3.05) is 27.4 Å². The minimum absolute atomic E-state index is 0.228. The SMILES string of the molecule is COCC1(COC)c2ccc(C(C)C)cc2-c2ccc(C(C)C)cc21. The first-order valence-electron chi connectivity index (χ1n) is 9.21. The number of fused-ring (bicyclic) bond motifs is 3. The average molecular weight is 338 g/mol. The molecule has 0 N–H and O–H groups in total. The van der Waals surface area contributed by atoms with E-state index in [0.29, 0.717) is 25.0 Å². The van der Waals surface area contributed by atoms with Crippen LogP contribution in [0.25, 0.3) is 11.1 Å². The molecule has 0 aliphatic heterocycles. The van der Waals surface area contributed by atoms with Gasteiger partial charge in [-0.1, -0.05) is 64.1 Å². The molecule has 3 rings (SSSR count). The van der Waals surface area contributed by atoms with Crippen molar-refractivity contribution < 1.29 is 9.47 Å². The second-order valence-electron chi connectivity index (χ2n) is 7.87. The fourth-order valence-electron chi connectivity index (χ4n) is 4.10. The third-order valence-corrected chi connectivity index (χ3v) is 5.52. The van der Waals surface area contributed by atoms with E-state index in [2.05, 4.69) is 64.1 Å². The summed E-state index contributed by atoms with van der Waals surface area (Å²) in [6, 6.07) is 13.8. The number of hydrogen-bond acceptors (Lipinski definition) is 2. The van der Waals surface area contributed by atoms with Crippen molar-refractivity contribution in [2.24, 2.45) is 0 Å². The van der Waals surface area contributed by atoms with Crippen molar-refractivity contribution in [3.8, 4) is 11.1 Å². The summed E-state index contributed by atoms with van der Waals surface area (Å²) in [4.78, 5) is 0. The quantitative estimate of drug-likeness (QED) is 0.693. The van der Waals surface area contributed by atoms with Crippen LogP contribution in [0.2, 0.25) is 0 Å². The molecule has 1 aliphatic rings. The third-order valence-electron chi connectivity index (χ3n) is 5.52. The van der Waals surface area contributed by atoms with Gasteiger partial charge in [-0.15, -0.1) is 0 Å². The molecule has 0 amide bonds. The van der Waals surface area contributed by atoms with Gasteiger partial charge in [0.1, 0.15) is 0 Å². The van der Waals surface area contributed by atoms with Gasteiger partial charge in [0.05, 0.1) is 18.6 Å². The van der Waals surface area contributed by atoms with Crippen LogP contribution in [0, 0.1) is 0 Å². The molecule has 0 bridgehead atoms. The van der Waals surface area contributed by atoms with Crippen LogP contribution in [0.3, 0.4) is 0 Å². The lowest BCUT2D eigenvalue weighted by molar-refractivity contribution is 0.0814. The zero-order chi connectivity index (χ0) is 18.2. The Labute approximate surface area is 152 Å². The van der Waals surface area contributed by atoms with E-state index in [0.717, 1.165) is 0 Å². The van der Waals surface area contributed by atoms with E-state index >= 15 is 0 Å². The highest BCUT2D eigenvalue weighted by molar-refractivity contribution is 5.82. The minimum Gasteiger partial charge on any atom is -0.383 e. The summed E-state index contributed by atoms with van der Waals surface area (Å²) in [5, 5.41) is 0. The molecular weight excluding hydrogens is 308 g/mol. The van der Waals surface area contributed by atoms with E-state index < -0.39 is 0 Å². The van der Waals surface area contributed by atoms with E-state index in [4.69, 9.17) is 9.47 Å². The van der Waals surface area contributed by atoms with Crippen LogP contribution in [-0.4, -0.2) is 27.4 Å². The van der Waals surface area contributed by atoms with Crippen molar-refractivity contribution in [1.29, 1.82) is 0 Å². The lowest BCUT2D eigenvalue weighted by Gasteiger charge is -2.31. The highest BCUT2D eigenvalue weighted by Crippen LogP contribution is 2.50. The lowest BCUT2D eigenvalue weighted by Crippen LogP contribution is -2.36. The van der Waals surface area contributed by atoms with Gasteiger partial charge in [-0.3, -0.25) is 0 Å². The highest BCUT2D eigenvalue weighted by Gasteiger charge is 2.44. The smallest absolute Gasteiger partial charge is 0.0681 e. The maximum absolute atomic E-state index is 5.69. The Hall–Kier alpha value is -1.64. The molecule has 2 nitrogen and oxygen atoms in total. The van der Waals surface area contributed by atoms with E-state index in [1.165, 1.54) is 33.4 Å². The first kappa shape index (κ1) is 18.2. The second kappa shape index (κ2) is 6.93. The largest absolute Gasteiger partial charge is 0.383 e. The Morgan fingerprint density at radius 2 is 1.28 bits per heavy atom. The van der Waals surface area contributed by atoms with Gasteiger partial charge in [0.15, 0.2) is 0 Å². The van der Waals surface area contributed by atoms with Crippen LogP contribution in [0.4, 0.5) is 0 Å². The Kier molecular flexibility index (Phi) is 5.04. The van der Waals surface area contributed by atoms with Crippen LogP contribution in [0.1, 0.15) is 61.8 Å². The van der Waals surface area contributed by atoms with Gasteiger partial charge in [0.25, 0.3) is 0 Å². The Morgan fingerprint density at radius 3 is 1.84 bits per heavy atom. The number of ether oxygens (including phenoxy) is 2. The van der Waals surface area contributed by atoms with Crippen molar-refractivity contribution >= 4 is 0 Å². The van der Waals surface area contributed by atoms with Gasteiger partial charge in [0.2, 0.25) is 0 Å². The van der Waals surface area contributed by atoms with Gasteiger partial charge in [-0.2, -0.15) is 0 Å². The molecule has 0 heterocycles. The summed E-state index contributed by atoms with van der Waals surface area (Å²) < 4.78 is 11.4. The monoisotopic (exact) mass is 338 g/mol. The van der Waals surface area contributed by atoms with E-state index in [1.54, 1.807) is 14.2 Å². The number of rotatable bonds is 6. The molecule has 25 heavy (non-hydrogen) atoms. The van der Waals surface area contributed by atoms with Crippen LogP contribution in [-0.2, 0) is 14.9 Å². The molecule has 0 fully saturated rings. The fourth-order valence-corrected chi connectivity index (χ4v) is 4.10. The normalized spacial score (nSPS) is 14.9. The third kappa shape index (κ3) is 2.92. The maximum Gasteiger partial charge on any atom is 0.0681 e. The van der Waals surface area contributed by atoms with Crippen molar-refractivity contribution in [2.45, 2.75) is 44.9 Å². The van der Waals surface area contributed by atoms with Gasteiger partial charge in [-0.05, 0) is 45.2 Å². The van der Waals surface area contributed by atoms with Gasteiger partial charge >= 0.3 is 0 Å². The standard InChI is InChI=1S/C23H30O2/c1-15(2)17-8-10-21-20(11-17)19-9-7-18(16(3)4)12-22(19)23(21,13-24-5)14-25-6/h7-12,15-16H,13-14H2,1-6H3. The van der Waals surface area contributed by atoms with Crippen LogP contribution < -0.4 is 0 Å². The molecule has 134 valence electrons. The van der Waals surface area contributed by atoms with E-state index in [9.17, 15) is 0 Å². The molecule has 0 unspecified atom stereocenters. The van der Waals surface area contributed by atoms with Crippen LogP contribution in [0.5, 0.6) is 0 Å². The van der Waals surface area contributed by atoms with Gasteiger partial charge in [-0.25, -0.2) is 0 Å². The Bertz CT molecular complexity index is 753. The topological polar surface area (TPSA) is 18.5 Å². The van der Waals surface area contributed by atoms with Crippen molar-refractivity contribution in [3.05, 3.63) is 58.7 Å². The summed E-state index contributed by atoms with van der Waals surface area (Å²) in [6.07, 6.45) is 0. The molecular formula is C23H30O2. The summed E-state index contributed by atoms with van der Waals surface area (Å²) in [5.41, 5.74) is 7.86. The van der Waals surface area contributed by atoms with Crippen LogP contribution >= 0.6 is 0 Å². The predicted octanol–water partition coefficient (Wildman–Crippen LogP) is 5.49. The highest BCUT2D eigenvalue weighted by atomic mass is 16.5. The Balaban J connectivity index is 2.28. The van der Waals surface area contributed by atoms with Crippen molar-refractivity contribution in [1.82, 2.24) is 0 Å². The second-order valence-corrected chi connectivity index (χ2v) is 7.87.